The van der Waals surface area contributed by atoms with Crippen LogP contribution in [0.25, 0.3) is 17.0 Å². The van der Waals surface area contributed by atoms with Gasteiger partial charge in [0.05, 0.1) is 24.4 Å². The van der Waals surface area contributed by atoms with Gasteiger partial charge in [0.1, 0.15) is 5.75 Å². The van der Waals surface area contributed by atoms with E-state index in [-0.39, 0.29) is 6.03 Å². The number of urea groups is 1. The molecule has 0 spiro atoms. The number of anilines is 1. The molecule has 1 aromatic heterocycles. The van der Waals surface area contributed by atoms with E-state index in [4.69, 9.17) is 14.2 Å². The number of rotatable bonds is 6. The van der Waals surface area contributed by atoms with Crippen molar-refractivity contribution in [3.05, 3.63) is 101 Å². The van der Waals surface area contributed by atoms with Crippen LogP contribution in [0.2, 0.25) is 0 Å². The van der Waals surface area contributed by atoms with Gasteiger partial charge in [-0.15, -0.1) is 0 Å². The molecule has 1 aliphatic heterocycles. The van der Waals surface area contributed by atoms with Crippen LogP contribution in [-0.2, 0) is 6.42 Å². The van der Waals surface area contributed by atoms with Crippen molar-refractivity contribution >= 4 is 17.3 Å². The molecule has 7 nitrogen and oxygen atoms in total. The highest BCUT2D eigenvalue weighted by atomic mass is 16.5. The molecule has 0 bridgehead atoms. The van der Waals surface area contributed by atoms with Crippen LogP contribution in [0.3, 0.4) is 0 Å². The smallest absolute Gasteiger partial charge is 0.326 e. The number of aromatic nitrogens is 2. The fourth-order valence-electron chi connectivity index (χ4n) is 4.55. The summed E-state index contributed by atoms with van der Waals surface area (Å²) >= 11 is 0. The number of ether oxygens (including phenoxy) is 1. The van der Waals surface area contributed by atoms with E-state index in [2.05, 4.69) is 23.5 Å². The van der Waals surface area contributed by atoms with Crippen molar-refractivity contribution in [2.24, 2.45) is 0 Å². The fraction of sp³-hybridized carbons (Fsp3) is 0.207. The second-order valence-electron chi connectivity index (χ2n) is 8.81. The number of amides is 2. The van der Waals surface area contributed by atoms with Gasteiger partial charge < -0.3 is 14.6 Å². The monoisotopic (exact) mass is 480 g/mol. The molecule has 0 radical (unpaired) electrons. The van der Waals surface area contributed by atoms with Crippen molar-refractivity contribution in [1.29, 1.82) is 0 Å². The van der Waals surface area contributed by atoms with Crippen LogP contribution in [0.15, 0.2) is 83.0 Å². The molecule has 4 aromatic rings. The number of hydrogen-bond acceptors (Lipinski definition) is 5. The van der Waals surface area contributed by atoms with Crippen molar-refractivity contribution in [2.45, 2.75) is 33.2 Å². The summed E-state index contributed by atoms with van der Waals surface area (Å²) in [6.45, 7) is 6.03. The highest BCUT2D eigenvalue weighted by molar-refractivity contribution is 6.01. The van der Waals surface area contributed by atoms with Crippen molar-refractivity contribution in [3.63, 3.8) is 0 Å². The van der Waals surface area contributed by atoms with Crippen LogP contribution >= 0.6 is 0 Å². The lowest BCUT2D eigenvalue weighted by Gasteiger charge is -2.35. The van der Waals surface area contributed by atoms with Gasteiger partial charge in [0.15, 0.2) is 0 Å². The van der Waals surface area contributed by atoms with E-state index in [1.54, 1.807) is 12.0 Å². The SMILES string of the molecule is CCc1cccc(N2C(=O)NC(c3cccc(OC)c3)C(c3nc(-c4cccc(C)c4)no3)=C2C)c1. The average Bonchev–Trinajstić information content (AvgIpc) is 3.38. The zero-order chi connectivity index (χ0) is 25.2. The third kappa shape index (κ3) is 4.35. The average molecular weight is 481 g/mol. The van der Waals surface area contributed by atoms with Gasteiger partial charge in [0.25, 0.3) is 5.89 Å². The van der Waals surface area contributed by atoms with Gasteiger partial charge in [-0.3, -0.25) is 4.90 Å². The van der Waals surface area contributed by atoms with E-state index in [0.717, 1.165) is 45.6 Å². The van der Waals surface area contributed by atoms with Crippen LogP contribution in [0.4, 0.5) is 10.5 Å². The van der Waals surface area contributed by atoms with Gasteiger partial charge in [-0.25, -0.2) is 4.79 Å². The molecule has 0 saturated heterocycles. The Labute approximate surface area is 210 Å². The van der Waals surface area contributed by atoms with Crippen molar-refractivity contribution in [1.82, 2.24) is 15.5 Å². The summed E-state index contributed by atoms with van der Waals surface area (Å²) in [4.78, 5) is 19.9. The van der Waals surface area contributed by atoms with Crippen LogP contribution < -0.4 is 15.0 Å². The molecule has 0 saturated carbocycles. The van der Waals surface area contributed by atoms with Crippen LogP contribution in [0.1, 0.15) is 42.5 Å². The minimum Gasteiger partial charge on any atom is -0.497 e. The molecule has 2 heterocycles. The largest absolute Gasteiger partial charge is 0.497 e. The topological polar surface area (TPSA) is 80.5 Å². The van der Waals surface area contributed by atoms with E-state index >= 15 is 0 Å². The van der Waals surface area contributed by atoms with E-state index in [1.807, 2.05) is 80.6 Å². The number of nitrogens with zero attached hydrogens (tertiary/aromatic N) is 3. The molecular formula is C29H28N4O3. The molecule has 3 aromatic carbocycles. The van der Waals surface area contributed by atoms with Gasteiger partial charge in [0.2, 0.25) is 5.82 Å². The first-order valence-electron chi connectivity index (χ1n) is 11.9. The lowest BCUT2D eigenvalue weighted by Crippen LogP contribution is -2.46. The number of carbonyl (C=O) groups is 1. The van der Waals surface area contributed by atoms with Gasteiger partial charge in [-0.05, 0) is 61.7 Å². The molecule has 182 valence electrons. The van der Waals surface area contributed by atoms with Gasteiger partial charge in [-0.1, -0.05) is 60.1 Å². The maximum Gasteiger partial charge on any atom is 0.326 e. The molecule has 7 heteroatoms. The standard InChI is InChI=1S/C29H28N4O3/c1-5-20-10-7-13-23(16-20)33-19(3)25(26(30-29(33)34)21-11-8-14-24(17-21)35-4)28-31-27(32-36-28)22-12-6-9-18(2)15-22/h6-17,26H,5H2,1-4H3,(H,30,34). The molecule has 36 heavy (non-hydrogen) atoms. The van der Waals surface area contributed by atoms with Crippen LogP contribution in [-0.4, -0.2) is 23.3 Å². The van der Waals surface area contributed by atoms with E-state index in [9.17, 15) is 4.79 Å². The number of aryl methyl sites for hydroxylation is 2. The summed E-state index contributed by atoms with van der Waals surface area (Å²) in [5.74, 6) is 1.55. The van der Waals surface area contributed by atoms with Crippen molar-refractivity contribution < 1.29 is 14.1 Å². The normalized spacial score (nSPS) is 15.7. The molecule has 2 amide bonds. The fourth-order valence-corrected chi connectivity index (χ4v) is 4.55. The maximum atomic E-state index is 13.5. The van der Waals surface area contributed by atoms with Gasteiger partial charge >= 0.3 is 6.03 Å². The summed E-state index contributed by atoms with van der Waals surface area (Å²) in [6, 6.07) is 22.8. The molecule has 1 aliphatic rings. The van der Waals surface area contributed by atoms with Crippen LogP contribution in [0.5, 0.6) is 5.75 Å². The molecule has 1 N–H and O–H groups in total. The number of methoxy groups -OCH3 is 1. The number of hydrogen-bond donors (Lipinski definition) is 1. The second kappa shape index (κ2) is 9.70. The van der Waals surface area contributed by atoms with Gasteiger partial charge in [-0.2, -0.15) is 4.98 Å². The van der Waals surface area contributed by atoms with Crippen molar-refractivity contribution in [2.75, 3.05) is 12.0 Å². The molecule has 0 aliphatic carbocycles. The minimum absolute atomic E-state index is 0.226. The van der Waals surface area contributed by atoms with E-state index in [0.29, 0.717) is 17.5 Å². The lowest BCUT2D eigenvalue weighted by atomic mass is 9.94. The van der Waals surface area contributed by atoms with Gasteiger partial charge in [0, 0.05) is 11.3 Å². The number of nitrogens with one attached hydrogen (secondary N) is 1. The highest BCUT2D eigenvalue weighted by Gasteiger charge is 2.36. The summed E-state index contributed by atoms with van der Waals surface area (Å²) in [7, 11) is 1.62. The number of allylic oxidation sites excluding steroid dienone is 1. The highest BCUT2D eigenvalue weighted by Crippen LogP contribution is 2.40. The summed E-state index contributed by atoms with van der Waals surface area (Å²) in [5, 5.41) is 7.42. The molecular weight excluding hydrogens is 452 g/mol. The Morgan fingerprint density at radius 3 is 2.61 bits per heavy atom. The quantitative estimate of drug-likeness (QED) is 0.349. The first-order valence-corrected chi connectivity index (χ1v) is 11.9. The molecule has 0 fully saturated rings. The third-order valence-electron chi connectivity index (χ3n) is 6.42. The van der Waals surface area contributed by atoms with Crippen molar-refractivity contribution in [3.8, 4) is 17.1 Å². The Balaban J connectivity index is 1.67. The zero-order valence-electron chi connectivity index (χ0n) is 20.8. The Kier molecular flexibility index (Phi) is 6.29. The Hall–Kier alpha value is -4.39. The lowest BCUT2D eigenvalue weighted by molar-refractivity contribution is 0.244. The zero-order valence-corrected chi connectivity index (χ0v) is 20.8. The third-order valence-corrected chi connectivity index (χ3v) is 6.42. The van der Waals surface area contributed by atoms with E-state index in [1.165, 1.54) is 0 Å². The predicted octanol–water partition coefficient (Wildman–Crippen LogP) is 6.32. The van der Waals surface area contributed by atoms with E-state index < -0.39 is 6.04 Å². The maximum absolute atomic E-state index is 13.5. The first kappa shape index (κ1) is 23.4. The molecule has 1 atom stereocenters. The Morgan fingerprint density at radius 2 is 1.83 bits per heavy atom. The summed E-state index contributed by atoms with van der Waals surface area (Å²) in [5.41, 5.74) is 6.21. The number of carbonyl (C=O) groups excluding carboxylic acids is 1. The minimum atomic E-state index is -0.496. The Bertz CT molecular complexity index is 1460. The summed E-state index contributed by atoms with van der Waals surface area (Å²) in [6.07, 6.45) is 0.870. The second-order valence-corrected chi connectivity index (χ2v) is 8.81. The molecule has 1 unspecified atom stereocenters. The first-order chi connectivity index (χ1) is 17.5. The predicted molar refractivity (Wildman–Crippen MR) is 140 cm³/mol. The summed E-state index contributed by atoms with van der Waals surface area (Å²) < 4.78 is 11.3. The molecule has 5 rings (SSSR count). The number of benzene rings is 3. The van der Waals surface area contributed by atoms with Crippen LogP contribution in [0, 0.1) is 6.92 Å². The Morgan fingerprint density at radius 1 is 1.03 bits per heavy atom.